The predicted molar refractivity (Wildman–Crippen MR) is 125 cm³/mol. The zero-order chi connectivity index (χ0) is 22.5. The molecule has 0 saturated carbocycles. The summed E-state index contributed by atoms with van der Waals surface area (Å²) in [5.74, 6) is -0.354. The first kappa shape index (κ1) is 21.8. The van der Waals surface area contributed by atoms with Crippen LogP contribution in [0.4, 0.5) is 4.39 Å². The number of hydrogen-bond donors (Lipinski definition) is 1. The van der Waals surface area contributed by atoms with E-state index in [1.165, 1.54) is 22.8 Å². The molecule has 0 atom stereocenters. The summed E-state index contributed by atoms with van der Waals surface area (Å²) < 4.78 is 20.0. The topological polar surface area (TPSA) is 46.5 Å². The highest BCUT2D eigenvalue weighted by atomic mass is 19.1. The van der Waals surface area contributed by atoms with Gasteiger partial charge in [-0.2, -0.15) is 0 Å². The lowest BCUT2D eigenvalue weighted by Crippen LogP contribution is -2.01. The Morgan fingerprint density at radius 3 is 2.59 bits per heavy atom. The van der Waals surface area contributed by atoms with Crippen molar-refractivity contribution in [1.82, 2.24) is 0 Å². The summed E-state index contributed by atoms with van der Waals surface area (Å²) in [5.41, 5.74) is 7.87. The molecular formula is C28H27FO3. The Morgan fingerprint density at radius 1 is 1.03 bits per heavy atom. The number of aliphatic carboxylic acids is 1. The van der Waals surface area contributed by atoms with Crippen LogP contribution in [0, 0.1) is 5.82 Å². The summed E-state index contributed by atoms with van der Waals surface area (Å²) in [6.45, 7) is 2.41. The van der Waals surface area contributed by atoms with Crippen LogP contribution < -0.4 is 4.74 Å². The average Bonchev–Trinajstić information content (AvgIpc) is 2.78. The molecule has 0 unspecified atom stereocenters. The maximum absolute atomic E-state index is 14.0. The lowest BCUT2D eigenvalue weighted by Gasteiger charge is -2.18. The van der Waals surface area contributed by atoms with Gasteiger partial charge in [0.1, 0.15) is 18.2 Å². The molecule has 1 N–H and O–H groups in total. The Hall–Kier alpha value is -3.40. The molecule has 0 saturated heterocycles. The van der Waals surface area contributed by atoms with Crippen molar-refractivity contribution in [2.45, 2.75) is 45.6 Å². The SMILES string of the molecule is CC1=CCCc2cc(-c3ccc(F)cc3COc3ccc(CCCC(=O)O)cc3)ccc21. The Kier molecular flexibility index (Phi) is 6.69. The van der Waals surface area contributed by atoms with Gasteiger partial charge in [0.25, 0.3) is 0 Å². The largest absolute Gasteiger partial charge is 0.489 e. The Labute approximate surface area is 188 Å². The number of carboxylic acid groups (broad SMARTS) is 1. The monoisotopic (exact) mass is 430 g/mol. The van der Waals surface area contributed by atoms with E-state index in [2.05, 4.69) is 31.2 Å². The number of halogens is 1. The van der Waals surface area contributed by atoms with E-state index in [-0.39, 0.29) is 18.8 Å². The van der Waals surface area contributed by atoms with Crippen LogP contribution in [0.2, 0.25) is 0 Å². The van der Waals surface area contributed by atoms with Crippen LogP contribution in [0.5, 0.6) is 5.75 Å². The molecule has 0 spiro atoms. The molecule has 4 heteroatoms. The maximum atomic E-state index is 14.0. The summed E-state index contributed by atoms with van der Waals surface area (Å²) in [6.07, 6.45) is 5.84. The second kappa shape index (κ2) is 9.82. The second-order valence-electron chi connectivity index (χ2n) is 8.28. The van der Waals surface area contributed by atoms with Crippen LogP contribution in [0.1, 0.15) is 48.4 Å². The summed E-state index contributed by atoms with van der Waals surface area (Å²) in [5, 5.41) is 8.76. The van der Waals surface area contributed by atoms with Gasteiger partial charge in [0.15, 0.2) is 0 Å². The van der Waals surface area contributed by atoms with Gasteiger partial charge in [0.05, 0.1) is 0 Å². The number of ether oxygens (including phenoxy) is 1. The van der Waals surface area contributed by atoms with Crippen LogP contribution in [-0.4, -0.2) is 11.1 Å². The third-order valence-corrected chi connectivity index (χ3v) is 5.95. The molecule has 3 nitrogen and oxygen atoms in total. The highest BCUT2D eigenvalue weighted by Gasteiger charge is 2.13. The third kappa shape index (κ3) is 5.25. The minimum absolute atomic E-state index is 0.166. The Bertz CT molecular complexity index is 1150. The summed E-state index contributed by atoms with van der Waals surface area (Å²) in [4.78, 5) is 10.7. The van der Waals surface area contributed by atoms with Crippen LogP contribution >= 0.6 is 0 Å². The van der Waals surface area contributed by atoms with Crippen molar-refractivity contribution in [1.29, 1.82) is 0 Å². The molecular weight excluding hydrogens is 403 g/mol. The maximum Gasteiger partial charge on any atom is 0.303 e. The average molecular weight is 431 g/mol. The van der Waals surface area contributed by atoms with Gasteiger partial charge in [0.2, 0.25) is 0 Å². The predicted octanol–water partition coefficient (Wildman–Crippen LogP) is 6.83. The summed E-state index contributed by atoms with van der Waals surface area (Å²) in [6, 6.07) is 19.0. The molecule has 3 aromatic rings. The van der Waals surface area contributed by atoms with Gasteiger partial charge in [-0.25, -0.2) is 4.39 Å². The fraction of sp³-hybridized carbons (Fsp3) is 0.250. The lowest BCUT2D eigenvalue weighted by molar-refractivity contribution is -0.137. The van der Waals surface area contributed by atoms with E-state index >= 15 is 0 Å². The van der Waals surface area contributed by atoms with E-state index in [4.69, 9.17) is 9.84 Å². The quantitative estimate of drug-likeness (QED) is 0.426. The Morgan fingerprint density at radius 2 is 1.81 bits per heavy atom. The highest BCUT2D eigenvalue weighted by molar-refractivity contribution is 5.75. The van der Waals surface area contributed by atoms with E-state index in [1.807, 2.05) is 30.3 Å². The first-order chi connectivity index (χ1) is 15.5. The van der Waals surface area contributed by atoms with Crippen LogP contribution in [0.3, 0.4) is 0 Å². The molecule has 0 aromatic heterocycles. The molecule has 0 fully saturated rings. The normalized spacial score (nSPS) is 12.8. The van der Waals surface area contributed by atoms with Crippen LogP contribution in [-0.2, 0) is 24.2 Å². The smallest absolute Gasteiger partial charge is 0.303 e. The summed E-state index contributed by atoms with van der Waals surface area (Å²) >= 11 is 0. The van der Waals surface area contributed by atoms with E-state index in [9.17, 15) is 9.18 Å². The van der Waals surface area contributed by atoms with Crippen molar-refractivity contribution in [3.8, 4) is 16.9 Å². The molecule has 0 bridgehead atoms. The zero-order valence-corrected chi connectivity index (χ0v) is 18.2. The third-order valence-electron chi connectivity index (χ3n) is 5.95. The van der Waals surface area contributed by atoms with Crippen molar-refractivity contribution >= 4 is 11.5 Å². The molecule has 1 aliphatic carbocycles. The highest BCUT2D eigenvalue weighted by Crippen LogP contribution is 2.32. The van der Waals surface area contributed by atoms with Gasteiger partial charge in [0, 0.05) is 6.42 Å². The van der Waals surface area contributed by atoms with Gasteiger partial charge in [-0.1, -0.05) is 42.5 Å². The van der Waals surface area contributed by atoms with E-state index in [0.717, 1.165) is 35.1 Å². The molecule has 164 valence electrons. The van der Waals surface area contributed by atoms with Gasteiger partial charge >= 0.3 is 5.97 Å². The molecule has 4 rings (SSSR count). The number of carboxylic acids is 1. The fourth-order valence-electron chi connectivity index (χ4n) is 4.23. The first-order valence-corrected chi connectivity index (χ1v) is 11.0. The zero-order valence-electron chi connectivity index (χ0n) is 18.2. The standard InChI is InChI=1S/C28H27FO3/c1-19-4-2-6-21-16-22(10-14-26(19)21)27-15-11-24(29)17-23(27)18-32-25-12-8-20(9-13-25)5-3-7-28(30)31/h4,8-17H,2-3,5-7,18H2,1H3,(H,30,31). The van der Waals surface area contributed by atoms with Gasteiger partial charge < -0.3 is 9.84 Å². The number of rotatable bonds is 8. The van der Waals surface area contributed by atoms with Crippen molar-refractivity contribution in [2.75, 3.05) is 0 Å². The Balaban J connectivity index is 1.49. The van der Waals surface area contributed by atoms with E-state index < -0.39 is 5.97 Å². The van der Waals surface area contributed by atoms with Crippen LogP contribution in [0.25, 0.3) is 16.7 Å². The number of benzene rings is 3. The molecule has 0 amide bonds. The van der Waals surface area contributed by atoms with Crippen LogP contribution in [0.15, 0.2) is 66.7 Å². The molecule has 3 aromatic carbocycles. The number of fused-ring (bicyclic) bond motifs is 1. The molecule has 1 aliphatic rings. The molecule has 0 aliphatic heterocycles. The van der Waals surface area contributed by atoms with Crippen molar-refractivity contribution in [2.24, 2.45) is 0 Å². The van der Waals surface area contributed by atoms with Crippen molar-refractivity contribution in [3.05, 3.63) is 94.8 Å². The molecule has 0 radical (unpaired) electrons. The lowest BCUT2D eigenvalue weighted by atomic mass is 9.88. The number of hydrogen-bond acceptors (Lipinski definition) is 2. The van der Waals surface area contributed by atoms with Gasteiger partial charge in [-0.05, 0) is 95.8 Å². The second-order valence-corrected chi connectivity index (χ2v) is 8.28. The number of aryl methyl sites for hydroxylation is 2. The number of carbonyl (C=O) groups is 1. The van der Waals surface area contributed by atoms with Crippen molar-refractivity contribution < 1.29 is 19.0 Å². The minimum Gasteiger partial charge on any atom is -0.489 e. The fourth-order valence-corrected chi connectivity index (χ4v) is 4.23. The van der Waals surface area contributed by atoms with E-state index in [1.54, 1.807) is 6.07 Å². The first-order valence-electron chi connectivity index (χ1n) is 11.0. The molecule has 32 heavy (non-hydrogen) atoms. The molecule has 0 heterocycles. The number of allylic oxidation sites excluding steroid dienone is 2. The van der Waals surface area contributed by atoms with Crippen molar-refractivity contribution in [3.63, 3.8) is 0 Å². The summed E-state index contributed by atoms with van der Waals surface area (Å²) in [7, 11) is 0. The van der Waals surface area contributed by atoms with Gasteiger partial charge in [-0.15, -0.1) is 0 Å². The van der Waals surface area contributed by atoms with Gasteiger partial charge in [-0.3, -0.25) is 4.79 Å². The minimum atomic E-state index is -0.777. The van der Waals surface area contributed by atoms with E-state index in [0.29, 0.717) is 18.6 Å².